The number of hydrogen-bond acceptors (Lipinski definition) is 2. The Morgan fingerprint density at radius 3 is 2.87 bits per heavy atom. The van der Waals surface area contributed by atoms with Crippen molar-refractivity contribution in [2.75, 3.05) is 7.11 Å². The van der Waals surface area contributed by atoms with Gasteiger partial charge in [-0.2, -0.15) is 0 Å². The summed E-state index contributed by atoms with van der Waals surface area (Å²) in [4.78, 5) is 0. The number of nitrogens with two attached hydrogens (primary N) is 1. The molecule has 2 nitrogen and oxygen atoms in total. The van der Waals surface area contributed by atoms with E-state index in [-0.39, 0.29) is 11.9 Å². The van der Waals surface area contributed by atoms with Gasteiger partial charge >= 0.3 is 0 Å². The van der Waals surface area contributed by atoms with Gasteiger partial charge < -0.3 is 10.5 Å². The first-order chi connectivity index (χ1) is 7.22. The Labute approximate surface area is 89.2 Å². The van der Waals surface area contributed by atoms with Gasteiger partial charge in [0.25, 0.3) is 0 Å². The van der Waals surface area contributed by atoms with Gasteiger partial charge in [0.15, 0.2) is 0 Å². The zero-order chi connectivity index (χ0) is 10.8. The molecule has 15 heavy (non-hydrogen) atoms. The summed E-state index contributed by atoms with van der Waals surface area (Å²) >= 11 is 0. The molecule has 1 aliphatic rings. The predicted molar refractivity (Wildman–Crippen MR) is 57.2 cm³/mol. The molecule has 0 spiro atoms. The average molecular weight is 209 g/mol. The Kier molecular flexibility index (Phi) is 2.91. The van der Waals surface area contributed by atoms with Crippen LogP contribution in [0.15, 0.2) is 18.2 Å². The Morgan fingerprint density at radius 2 is 2.27 bits per heavy atom. The molecule has 2 rings (SSSR count). The van der Waals surface area contributed by atoms with Crippen molar-refractivity contribution < 1.29 is 9.13 Å². The van der Waals surface area contributed by atoms with Gasteiger partial charge in [0, 0.05) is 11.6 Å². The monoisotopic (exact) mass is 209 g/mol. The van der Waals surface area contributed by atoms with Crippen LogP contribution in [0.4, 0.5) is 4.39 Å². The molecule has 2 N–H and O–H groups in total. The predicted octanol–water partition coefficient (Wildman–Crippen LogP) is 2.63. The van der Waals surface area contributed by atoms with E-state index in [1.54, 1.807) is 19.2 Å². The van der Waals surface area contributed by atoms with E-state index >= 15 is 0 Å². The summed E-state index contributed by atoms with van der Waals surface area (Å²) in [5, 5.41) is 0. The van der Waals surface area contributed by atoms with Crippen LogP contribution in [0.3, 0.4) is 0 Å². The number of benzene rings is 1. The molecule has 1 atom stereocenters. The first kappa shape index (κ1) is 10.4. The summed E-state index contributed by atoms with van der Waals surface area (Å²) in [5.74, 6) is 0.981. The molecule has 1 unspecified atom stereocenters. The molecule has 0 heterocycles. The second-order valence-corrected chi connectivity index (χ2v) is 4.14. The van der Waals surface area contributed by atoms with Gasteiger partial charge in [0.05, 0.1) is 7.11 Å². The lowest BCUT2D eigenvalue weighted by Crippen LogP contribution is -2.14. The topological polar surface area (TPSA) is 35.2 Å². The van der Waals surface area contributed by atoms with Gasteiger partial charge in [-0.05, 0) is 24.5 Å². The van der Waals surface area contributed by atoms with E-state index in [9.17, 15) is 4.39 Å². The van der Waals surface area contributed by atoms with Crippen molar-refractivity contribution in [2.24, 2.45) is 11.7 Å². The highest BCUT2D eigenvalue weighted by Crippen LogP contribution is 2.39. The minimum Gasteiger partial charge on any atom is -0.496 e. The molecule has 0 aromatic heterocycles. The molecule has 0 saturated heterocycles. The lowest BCUT2D eigenvalue weighted by atomic mass is 10.0. The van der Waals surface area contributed by atoms with Crippen LogP contribution in [0, 0.1) is 11.7 Å². The van der Waals surface area contributed by atoms with E-state index in [1.165, 1.54) is 18.9 Å². The quantitative estimate of drug-likeness (QED) is 0.827. The third-order valence-corrected chi connectivity index (χ3v) is 2.89. The van der Waals surface area contributed by atoms with Crippen molar-refractivity contribution in [3.05, 3.63) is 29.6 Å². The SMILES string of the molecule is COc1cccc(F)c1C(N)CC1CC1. The van der Waals surface area contributed by atoms with E-state index in [0.717, 1.165) is 6.42 Å². The second-order valence-electron chi connectivity index (χ2n) is 4.14. The Balaban J connectivity index is 2.22. The van der Waals surface area contributed by atoms with Crippen LogP contribution in [-0.2, 0) is 0 Å². The maximum Gasteiger partial charge on any atom is 0.131 e. The molecule has 0 aliphatic heterocycles. The third-order valence-electron chi connectivity index (χ3n) is 2.89. The van der Waals surface area contributed by atoms with E-state index in [1.807, 2.05) is 0 Å². The van der Waals surface area contributed by atoms with E-state index in [4.69, 9.17) is 10.5 Å². The molecule has 0 amide bonds. The molecule has 1 aliphatic carbocycles. The number of rotatable bonds is 4. The zero-order valence-corrected chi connectivity index (χ0v) is 8.87. The van der Waals surface area contributed by atoms with Crippen molar-refractivity contribution in [1.29, 1.82) is 0 Å². The van der Waals surface area contributed by atoms with Gasteiger partial charge in [-0.15, -0.1) is 0 Å². The van der Waals surface area contributed by atoms with Crippen LogP contribution in [0.2, 0.25) is 0 Å². The molecule has 82 valence electrons. The Hall–Kier alpha value is -1.09. The van der Waals surface area contributed by atoms with Gasteiger partial charge in [0.2, 0.25) is 0 Å². The van der Waals surface area contributed by atoms with E-state index < -0.39 is 0 Å². The average Bonchev–Trinajstić information content (AvgIpc) is 3.00. The molecule has 3 heteroatoms. The molecular formula is C12H16FNO. The van der Waals surface area contributed by atoms with Gasteiger partial charge in [0.1, 0.15) is 11.6 Å². The fourth-order valence-electron chi connectivity index (χ4n) is 1.89. The summed E-state index contributed by atoms with van der Waals surface area (Å²) in [5.41, 5.74) is 6.51. The van der Waals surface area contributed by atoms with Crippen molar-refractivity contribution in [1.82, 2.24) is 0 Å². The number of hydrogen-bond donors (Lipinski definition) is 1. The van der Waals surface area contributed by atoms with Crippen LogP contribution in [0.25, 0.3) is 0 Å². The smallest absolute Gasteiger partial charge is 0.131 e. The summed E-state index contributed by atoms with van der Waals surface area (Å²) < 4.78 is 18.7. The fraction of sp³-hybridized carbons (Fsp3) is 0.500. The third kappa shape index (κ3) is 2.29. The van der Waals surface area contributed by atoms with Gasteiger partial charge in [-0.25, -0.2) is 4.39 Å². The number of methoxy groups -OCH3 is 1. The minimum absolute atomic E-state index is 0.242. The highest BCUT2D eigenvalue weighted by atomic mass is 19.1. The number of ether oxygens (including phenoxy) is 1. The summed E-state index contributed by atoms with van der Waals surface area (Å²) in [6, 6.07) is 4.59. The first-order valence-electron chi connectivity index (χ1n) is 5.30. The van der Waals surface area contributed by atoms with Gasteiger partial charge in [-0.1, -0.05) is 18.9 Å². The van der Waals surface area contributed by atoms with Crippen molar-refractivity contribution >= 4 is 0 Å². The largest absolute Gasteiger partial charge is 0.496 e. The molecule has 1 aromatic rings. The van der Waals surface area contributed by atoms with Gasteiger partial charge in [-0.3, -0.25) is 0 Å². The zero-order valence-electron chi connectivity index (χ0n) is 8.87. The molecule has 0 bridgehead atoms. The van der Waals surface area contributed by atoms with Crippen molar-refractivity contribution in [3.8, 4) is 5.75 Å². The van der Waals surface area contributed by atoms with Crippen LogP contribution < -0.4 is 10.5 Å². The van der Waals surface area contributed by atoms with Crippen LogP contribution in [0.5, 0.6) is 5.75 Å². The Bertz CT molecular complexity index is 349. The second kappa shape index (κ2) is 4.19. The maximum atomic E-state index is 13.6. The normalized spacial score (nSPS) is 17.5. The highest BCUT2D eigenvalue weighted by Gasteiger charge is 2.27. The standard InChI is InChI=1S/C12H16FNO/c1-15-11-4-2-3-9(13)12(11)10(14)7-8-5-6-8/h2-4,8,10H,5-7,14H2,1H3. The van der Waals surface area contributed by atoms with E-state index in [0.29, 0.717) is 17.2 Å². The minimum atomic E-state index is -0.262. The lowest BCUT2D eigenvalue weighted by molar-refractivity contribution is 0.395. The van der Waals surface area contributed by atoms with Crippen LogP contribution >= 0.6 is 0 Å². The van der Waals surface area contributed by atoms with Crippen molar-refractivity contribution in [2.45, 2.75) is 25.3 Å². The molecule has 0 radical (unpaired) electrons. The summed E-state index contributed by atoms with van der Waals surface area (Å²) in [6.45, 7) is 0. The first-order valence-corrected chi connectivity index (χ1v) is 5.30. The van der Waals surface area contributed by atoms with Crippen LogP contribution in [0.1, 0.15) is 30.9 Å². The van der Waals surface area contributed by atoms with E-state index in [2.05, 4.69) is 0 Å². The fourth-order valence-corrected chi connectivity index (χ4v) is 1.89. The maximum absolute atomic E-state index is 13.6. The summed E-state index contributed by atoms with van der Waals surface area (Å²) in [6.07, 6.45) is 3.31. The Morgan fingerprint density at radius 1 is 1.53 bits per heavy atom. The molecule has 1 aromatic carbocycles. The van der Waals surface area contributed by atoms with Crippen LogP contribution in [-0.4, -0.2) is 7.11 Å². The molecular weight excluding hydrogens is 193 g/mol. The molecule has 1 fully saturated rings. The van der Waals surface area contributed by atoms with Crippen molar-refractivity contribution in [3.63, 3.8) is 0 Å². The lowest BCUT2D eigenvalue weighted by Gasteiger charge is -2.16. The highest BCUT2D eigenvalue weighted by molar-refractivity contribution is 5.37. The number of halogens is 1. The summed E-state index contributed by atoms with van der Waals surface area (Å²) in [7, 11) is 1.54. The molecule has 1 saturated carbocycles.